The van der Waals surface area contributed by atoms with Crippen LogP contribution < -0.4 is 15.8 Å². The van der Waals surface area contributed by atoms with E-state index in [0.29, 0.717) is 42.1 Å². The zero-order valence-electron chi connectivity index (χ0n) is 16.4. The Hall–Kier alpha value is -3.66. The van der Waals surface area contributed by atoms with Crippen molar-refractivity contribution < 1.29 is 19.4 Å². The number of rotatable bonds is 6. The Morgan fingerprint density at radius 1 is 1.30 bits per heavy atom. The van der Waals surface area contributed by atoms with Crippen LogP contribution in [0.4, 0.5) is 17.5 Å². The van der Waals surface area contributed by atoms with Crippen LogP contribution in [0.15, 0.2) is 36.5 Å². The highest BCUT2D eigenvalue weighted by atomic mass is 16.5. The van der Waals surface area contributed by atoms with Gasteiger partial charge < -0.3 is 25.6 Å². The number of ether oxygens (including phenoxy) is 2. The van der Waals surface area contributed by atoms with Crippen molar-refractivity contribution in [2.24, 2.45) is 7.05 Å². The van der Waals surface area contributed by atoms with E-state index in [1.807, 2.05) is 18.2 Å². The van der Waals surface area contributed by atoms with Crippen LogP contribution in [0, 0.1) is 0 Å². The van der Waals surface area contributed by atoms with E-state index in [2.05, 4.69) is 20.4 Å². The second kappa shape index (κ2) is 8.37. The predicted octanol–water partition coefficient (Wildman–Crippen LogP) is 2.46. The van der Waals surface area contributed by atoms with Gasteiger partial charge in [-0.3, -0.25) is 4.68 Å². The summed E-state index contributed by atoms with van der Waals surface area (Å²) in [5.74, 6) is 0.318. The molecule has 2 aromatic heterocycles. The summed E-state index contributed by atoms with van der Waals surface area (Å²) in [6.07, 6.45) is 3.41. The summed E-state index contributed by atoms with van der Waals surface area (Å²) in [7, 11) is 1.64. The number of nitrogens with one attached hydrogen (secondary N) is 1. The largest absolute Gasteiger partial charge is 0.488 e. The van der Waals surface area contributed by atoms with Crippen LogP contribution in [0.5, 0.6) is 5.75 Å². The lowest BCUT2D eigenvalue weighted by molar-refractivity contribution is 0.0258. The van der Waals surface area contributed by atoms with Gasteiger partial charge in [0.05, 0.1) is 24.6 Å². The molecule has 0 bridgehead atoms. The topological polar surface area (TPSA) is 137 Å². The Balaban J connectivity index is 1.52. The fraction of sp³-hybridized carbons (Fsp3) is 0.300. The lowest BCUT2D eigenvalue weighted by Gasteiger charge is -2.24. The van der Waals surface area contributed by atoms with E-state index in [-0.39, 0.29) is 11.8 Å². The van der Waals surface area contributed by atoms with Gasteiger partial charge in [-0.2, -0.15) is 5.10 Å². The van der Waals surface area contributed by atoms with Gasteiger partial charge in [-0.25, -0.2) is 14.8 Å². The Bertz CT molecular complexity index is 1060. The number of carboxylic acid groups (broad SMARTS) is 1. The SMILES string of the molecule is Cn1nc(C(=O)O)cc1Nc1nccc(-c2ccc(OC3CCOCC3)c(N)c2)n1. The maximum absolute atomic E-state index is 11.1. The maximum atomic E-state index is 11.1. The molecule has 1 aliphatic rings. The molecule has 0 spiro atoms. The van der Waals surface area contributed by atoms with Crippen LogP contribution >= 0.6 is 0 Å². The molecule has 4 N–H and O–H groups in total. The van der Waals surface area contributed by atoms with Gasteiger partial charge in [-0.1, -0.05) is 0 Å². The molecule has 1 aliphatic heterocycles. The first-order valence-electron chi connectivity index (χ1n) is 9.51. The monoisotopic (exact) mass is 410 g/mol. The molecule has 0 aliphatic carbocycles. The van der Waals surface area contributed by atoms with Crippen molar-refractivity contribution in [1.29, 1.82) is 0 Å². The first kappa shape index (κ1) is 19.6. The molecule has 3 aromatic rings. The molecule has 1 aromatic carbocycles. The molecule has 3 heterocycles. The average Bonchev–Trinajstić information content (AvgIpc) is 3.11. The van der Waals surface area contributed by atoms with Crippen LogP contribution in [0.25, 0.3) is 11.3 Å². The molecular formula is C20H22N6O4. The van der Waals surface area contributed by atoms with Crippen molar-refractivity contribution >= 4 is 23.4 Å². The highest BCUT2D eigenvalue weighted by molar-refractivity contribution is 5.86. The van der Waals surface area contributed by atoms with E-state index in [4.69, 9.17) is 20.3 Å². The molecule has 30 heavy (non-hydrogen) atoms. The van der Waals surface area contributed by atoms with E-state index >= 15 is 0 Å². The highest BCUT2D eigenvalue weighted by Crippen LogP contribution is 2.30. The molecule has 10 heteroatoms. The van der Waals surface area contributed by atoms with Gasteiger partial charge in [0.15, 0.2) is 5.69 Å². The third kappa shape index (κ3) is 4.33. The Morgan fingerprint density at radius 2 is 2.10 bits per heavy atom. The smallest absolute Gasteiger partial charge is 0.356 e. The van der Waals surface area contributed by atoms with Crippen LogP contribution in [-0.2, 0) is 11.8 Å². The summed E-state index contributed by atoms with van der Waals surface area (Å²) in [6, 6.07) is 8.73. The van der Waals surface area contributed by atoms with E-state index < -0.39 is 5.97 Å². The van der Waals surface area contributed by atoms with Crippen molar-refractivity contribution in [2.45, 2.75) is 18.9 Å². The van der Waals surface area contributed by atoms with Crippen molar-refractivity contribution in [3.05, 3.63) is 42.2 Å². The minimum absolute atomic E-state index is 0.0657. The third-order valence-electron chi connectivity index (χ3n) is 4.76. The second-order valence-corrected chi connectivity index (χ2v) is 6.92. The van der Waals surface area contributed by atoms with Gasteiger partial charge in [0.25, 0.3) is 0 Å². The van der Waals surface area contributed by atoms with Crippen molar-refractivity contribution in [1.82, 2.24) is 19.7 Å². The van der Waals surface area contributed by atoms with E-state index in [9.17, 15) is 4.79 Å². The lowest BCUT2D eigenvalue weighted by atomic mass is 10.1. The number of hydrogen-bond acceptors (Lipinski definition) is 8. The van der Waals surface area contributed by atoms with Crippen LogP contribution in [-0.4, -0.2) is 50.1 Å². The number of carboxylic acids is 1. The molecule has 4 rings (SSSR count). The number of nitrogens with zero attached hydrogens (tertiary/aromatic N) is 4. The zero-order valence-corrected chi connectivity index (χ0v) is 16.4. The van der Waals surface area contributed by atoms with Crippen molar-refractivity contribution in [2.75, 3.05) is 24.3 Å². The normalized spacial score (nSPS) is 14.4. The van der Waals surface area contributed by atoms with Gasteiger partial charge in [0.1, 0.15) is 17.7 Å². The van der Waals surface area contributed by atoms with Crippen LogP contribution in [0.2, 0.25) is 0 Å². The van der Waals surface area contributed by atoms with E-state index in [0.717, 1.165) is 18.4 Å². The van der Waals surface area contributed by atoms with Gasteiger partial charge in [0, 0.05) is 37.7 Å². The summed E-state index contributed by atoms with van der Waals surface area (Å²) in [6.45, 7) is 1.40. The quantitative estimate of drug-likeness (QED) is 0.523. The summed E-state index contributed by atoms with van der Waals surface area (Å²) in [4.78, 5) is 19.8. The Morgan fingerprint density at radius 3 is 2.80 bits per heavy atom. The van der Waals surface area contributed by atoms with Crippen LogP contribution in [0.3, 0.4) is 0 Å². The van der Waals surface area contributed by atoms with Gasteiger partial charge in [0.2, 0.25) is 5.95 Å². The fourth-order valence-electron chi connectivity index (χ4n) is 3.17. The number of benzene rings is 1. The maximum Gasteiger partial charge on any atom is 0.356 e. The number of aryl methyl sites for hydroxylation is 1. The number of anilines is 3. The summed E-state index contributed by atoms with van der Waals surface area (Å²) >= 11 is 0. The number of aromatic nitrogens is 4. The molecular weight excluding hydrogens is 388 g/mol. The number of nitrogens with two attached hydrogens (primary N) is 1. The molecule has 156 valence electrons. The van der Waals surface area contributed by atoms with Crippen LogP contribution in [0.1, 0.15) is 23.3 Å². The average molecular weight is 410 g/mol. The molecule has 0 unspecified atom stereocenters. The third-order valence-corrected chi connectivity index (χ3v) is 4.76. The van der Waals surface area contributed by atoms with Gasteiger partial charge in [-0.15, -0.1) is 0 Å². The summed E-state index contributed by atoms with van der Waals surface area (Å²) in [5.41, 5.74) is 8.15. The first-order valence-corrected chi connectivity index (χ1v) is 9.51. The van der Waals surface area contributed by atoms with Gasteiger partial charge in [-0.05, 0) is 24.3 Å². The minimum atomic E-state index is -1.10. The molecule has 1 fully saturated rings. The summed E-state index contributed by atoms with van der Waals surface area (Å²) < 4.78 is 12.8. The number of hydrogen-bond donors (Lipinski definition) is 3. The molecule has 0 radical (unpaired) electrons. The van der Waals surface area contributed by atoms with Gasteiger partial charge >= 0.3 is 5.97 Å². The number of carbonyl (C=O) groups is 1. The molecule has 0 amide bonds. The van der Waals surface area contributed by atoms with E-state index in [1.165, 1.54) is 10.7 Å². The van der Waals surface area contributed by atoms with E-state index in [1.54, 1.807) is 19.3 Å². The Labute approximate surface area is 172 Å². The highest BCUT2D eigenvalue weighted by Gasteiger charge is 2.17. The fourth-order valence-corrected chi connectivity index (χ4v) is 3.17. The second-order valence-electron chi connectivity index (χ2n) is 6.92. The predicted molar refractivity (Wildman–Crippen MR) is 110 cm³/mol. The molecule has 10 nitrogen and oxygen atoms in total. The molecule has 1 saturated heterocycles. The zero-order chi connectivity index (χ0) is 21.1. The minimum Gasteiger partial charge on any atom is -0.488 e. The molecule has 0 saturated carbocycles. The standard InChI is InChI=1S/C20H22N6O4/c1-26-18(11-16(25-26)19(27)28)24-20-22-7-4-15(23-20)12-2-3-17(14(21)10-12)30-13-5-8-29-9-6-13/h2-4,7,10-11,13H,5-6,8-9,21H2,1H3,(H,27,28)(H,22,23,24). The lowest BCUT2D eigenvalue weighted by Crippen LogP contribution is -2.26. The van der Waals surface area contributed by atoms with Crippen molar-refractivity contribution in [3.8, 4) is 17.0 Å². The molecule has 0 atom stereocenters. The number of aromatic carboxylic acids is 1. The Kier molecular flexibility index (Phi) is 5.48. The van der Waals surface area contributed by atoms with Crippen molar-refractivity contribution in [3.63, 3.8) is 0 Å². The first-order chi connectivity index (χ1) is 14.5. The number of nitrogen functional groups attached to an aromatic ring is 1. The summed E-state index contributed by atoms with van der Waals surface area (Å²) in [5, 5.41) is 16.0.